The number of benzene rings is 8. The average molecular weight is 614 g/mol. The summed E-state index contributed by atoms with van der Waals surface area (Å²) < 4.78 is 0. The number of hydrogen-bond donors (Lipinski definition) is 1. The van der Waals surface area contributed by atoms with Crippen LogP contribution in [-0.4, -0.2) is 11.7 Å². The Bertz CT molecular complexity index is 2510. The highest BCUT2D eigenvalue weighted by Crippen LogP contribution is 2.43. The van der Waals surface area contributed by atoms with Crippen molar-refractivity contribution in [3.8, 4) is 22.3 Å². The minimum absolute atomic E-state index is 0.237. The molecule has 226 valence electrons. The van der Waals surface area contributed by atoms with Crippen molar-refractivity contribution in [1.29, 1.82) is 0 Å². The highest BCUT2D eigenvalue weighted by Gasteiger charge is 2.21. The molecule has 1 unspecified atom stereocenters. The molecule has 0 fully saturated rings. The Hall–Kier alpha value is -6.32. The van der Waals surface area contributed by atoms with Crippen molar-refractivity contribution in [1.82, 2.24) is 5.32 Å². The van der Waals surface area contributed by atoms with Crippen molar-refractivity contribution < 1.29 is 0 Å². The van der Waals surface area contributed by atoms with E-state index in [-0.39, 0.29) is 6.17 Å². The molecule has 1 aliphatic rings. The molecule has 0 spiro atoms. The number of nitrogens with zero attached hydrogens (tertiary/aromatic N) is 2. The number of amidine groups is 2. The second kappa shape index (κ2) is 11.8. The van der Waals surface area contributed by atoms with Gasteiger partial charge in [-0.1, -0.05) is 170 Å². The van der Waals surface area contributed by atoms with Crippen LogP contribution in [0.1, 0.15) is 22.9 Å². The van der Waals surface area contributed by atoms with Gasteiger partial charge in [-0.3, -0.25) is 0 Å². The summed E-state index contributed by atoms with van der Waals surface area (Å²) in [5, 5.41) is 11.0. The number of hydrogen-bond acceptors (Lipinski definition) is 3. The zero-order valence-corrected chi connectivity index (χ0v) is 26.2. The SMILES string of the molecule is c1ccc(C2=NC(c3ccc(-c4c(-c5cc6ccccc6c6ccccc56)ccc5ccccc45)cc3)=NC(c3ccccc3)N2)cc1. The maximum atomic E-state index is 5.10. The van der Waals surface area contributed by atoms with Crippen LogP contribution < -0.4 is 5.32 Å². The van der Waals surface area contributed by atoms with Crippen molar-refractivity contribution in [3.63, 3.8) is 0 Å². The van der Waals surface area contributed by atoms with Gasteiger partial charge in [-0.15, -0.1) is 0 Å². The Morgan fingerprint density at radius 2 is 1.02 bits per heavy atom. The molecule has 9 rings (SSSR count). The fourth-order valence-corrected chi connectivity index (χ4v) is 7.00. The number of nitrogens with one attached hydrogen (secondary N) is 1. The number of fused-ring (bicyclic) bond motifs is 4. The lowest BCUT2D eigenvalue weighted by molar-refractivity contribution is 0.674. The van der Waals surface area contributed by atoms with Crippen LogP contribution in [0.3, 0.4) is 0 Å². The molecule has 0 saturated heterocycles. The fraction of sp³-hybridized carbons (Fsp3) is 0.0222. The Morgan fingerprint density at radius 1 is 0.417 bits per heavy atom. The summed E-state index contributed by atoms with van der Waals surface area (Å²) in [5.41, 5.74) is 7.94. The highest BCUT2D eigenvalue weighted by molar-refractivity contribution is 6.17. The van der Waals surface area contributed by atoms with E-state index < -0.39 is 0 Å². The lowest BCUT2D eigenvalue weighted by atomic mass is 9.86. The zero-order chi connectivity index (χ0) is 31.9. The molecular formula is C45H31N3. The maximum absolute atomic E-state index is 5.10. The van der Waals surface area contributed by atoms with E-state index in [1.807, 2.05) is 24.3 Å². The molecule has 1 N–H and O–H groups in total. The first kappa shape index (κ1) is 27.9. The van der Waals surface area contributed by atoms with Gasteiger partial charge in [0, 0.05) is 11.1 Å². The van der Waals surface area contributed by atoms with E-state index in [2.05, 4.69) is 157 Å². The van der Waals surface area contributed by atoms with E-state index in [0.717, 1.165) is 28.1 Å². The van der Waals surface area contributed by atoms with E-state index >= 15 is 0 Å². The summed E-state index contributed by atoms with van der Waals surface area (Å²) in [5.74, 6) is 1.53. The van der Waals surface area contributed by atoms with Gasteiger partial charge in [0.2, 0.25) is 0 Å². The molecule has 0 amide bonds. The Kier molecular flexibility index (Phi) is 6.87. The first-order chi connectivity index (χ1) is 23.8. The molecular weight excluding hydrogens is 583 g/mol. The third-order valence-electron chi connectivity index (χ3n) is 9.32. The molecule has 3 heteroatoms. The van der Waals surface area contributed by atoms with Crippen LogP contribution in [0.15, 0.2) is 186 Å². The normalized spacial score (nSPS) is 14.5. The topological polar surface area (TPSA) is 36.8 Å². The minimum atomic E-state index is -0.237. The predicted octanol–water partition coefficient (Wildman–Crippen LogP) is 11.0. The van der Waals surface area contributed by atoms with E-state index in [9.17, 15) is 0 Å². The molecule has 1 heterocycles. The van der Waals surface area contributed by atoms with Crippen LogP contribution in [0.2, 0.25) is 0 Å². The lowest BCUT2D eigenvalue weighted by Crippen LogP contribution is -2.33. The summed E-state index contributed by atoms with van der Waals surface area (Å²) >= 11 is 0. The van der Waals surface area contributed by atoms with E-state index in [4.69, 9.17) is 9.98 Å². The molecule has 0 radical (unpaired) electrons. The van der Waals surface area contributed by atoms with Gasteiger partial charge in [0.05, 0.1) is 0 Å². The summed E-state index contributed by atoms with van der Waals surface area (Å²) in [6.45, 7) is 0. The zero-order valence-electron chi connectivity index (χ0n) is 26.2. The van der Waals surface area contributed by atoms with Gasteiger partial charge >= 0.3 is 0 Å². The van der Waals surface area contributed by atoms with Crippen molar-refractivity contribution >= 4 is 44.0 Å². The Morgan fingerprint density at radius 3 is 1.79 bits per heavy atom. The fourth-order valence-electron chi connectivity index (χ4n) is 7.00. The van der Waals surface area contributed by atoms with Crippen LogP contribution in [0, 0.1) is 0 Å². The molecule has 0 saturated carbocycles. The Labute approximate surface area is 279 Å². The van der Waals surface area contributed by atoms with Gasteiger partial charge in [-0.25, -0.2) is 9.98 Å². The van der Waals surface area contributed by atoms with Crippen LogP contribution in [0.5, 0.6) is 0 Å². The quantitative estimate of drug-likeness (QED) is 0.193. The molecule has 8 aromatic rings. The molecule has 1 atom stereocenters. The second-order valence-electron chi connectivity index (χ2n) is 12.2. The molecule has 48 heavy (non-hydrogen) atoms. The number of aliphatic imine (C=N–C) groups is 2. The molecule has 8 aromatic carbocycles. The van der Waals surface area contributed by atoms with Gasteiger partial charge in [0.1, 0.15) is 12.0 Å². The van der Waals surface area contributed by atoms with Gasteiger partial charge in [-0.05, 0) is 66.2 Å². The standard InChI is InChI=1S/C45H31N3/c1-3-14-32(15-4-1)43-46-44(33-16-5-2-6-17-33)48-45(47-43)34-25-23-31(24-26-34)42-37-20-10-7-13-30(37)27-28-40(42)41-29-35-18-8-9-19-36(35)38-21-11-12-22-39(38)41/h1-29,43H,(H,46,47,48). The van der Waals surface area contributed by atoms with Gasteiger partial charge < -0.3 is 5.32 Å². The summed E-state index contributed by atoms with van der Waals surface area (Å²) in [7, 11) is 0. The van der Waals surface area contributed by atoms with Gasteiger partial charge in [0.25, 0.3) is 0 Å². The van der Waals surface area contributed by atoms with Crippen LogP contribution in [0.4, 0.5) is 0 Å². The van der Waals surface area contributed by atoms with Gasteiger partial charge in [-0.2, -0.15) is 0 Å². The molecule has 1 aliphatic heterocycles. The second-order valence-corrected chi connectivity index (χ2v) is 12.2. The highest BCUT2D eigenvalue weighted by atomic mass is 15.2. The minimum Gasteiger partial charge on any atom is -0.344 e. The lowest BCUT2D eigenvalue weighted by Gasteiger charge is -2.23. The van der Waals surface area contributed by atoms with Crippen molar-refractivity contribution in [2.24, 2.45) is 9.98 Å². The monoisotopic (exact) mass is 613 g/mol. The van der Waals surface area contributed by atoms with Crippen LogP contribution in [0.25, 0.3) is 54.6 Å². The third kappa shape index (κ3) is 4.94. The van der Waals surface area contributed by atoms with E-state index in [1.165, 1.54) is 49.0 Å². The molecule has 0 bridgehead atoms. The largest absolute Gasteiger partial charge is 0.344 e. The maximum Gasteiger partial charge on any atom is 0.159 e. The van der Waals surface area contributed by atoms with Crippen molar-refractivity contribution in [2.75, 3.05) is 0 Å². The summed E-state index contributed by atoms with van der Waals surface area (Å²) in [4.78, 5) is 10.1. The van der Waals surface area contributed by atoms with E-state index in [1.54, 1.807) is 0 Å². The first-order valence-corrected chi connectivity index (χ1v) is 16.4. The van der Waals surface area contributed by atoms with Crippen molar-refractivity contribution in [3.05, 3.63) is 193 Å². The van der Waals surface area contributed by atoms with Gasteiger partial charge in [0.15, 0.2) is 5.84 Å². The number of rotatable bonds is 5. The molecule has 0 aliphatic carbocycles. The molecule has 3 nitrogen and oxygen atoms in total. The smallest absolute Gasteiger partial charge is 0.159 e. The average Bonchev–Trinajstić information content (AvgIpc) is 3.18. The summed E-state index contributed by atoms with van der Waals surface area (Å²) in [6.07, 6.45) is -0.237. The van der Waals surface area contributed by atoms with Crippen LogP contribution in [-0.2, 0) is 0 Å². The molecule has 0 aromatic heterocycles. The Balaban J connectivity index is 1.20. The van der Waals surface area contributed by atoms with Crippen LogP contribution >= 0.6 is 0 Å². The predicted molar refractivity (Wildman–Crippen MR) is 202 cm³/mol. The van der Waals surface area contributed by atoms with Crippen molar-refractivity contribution in [2.45, 2.75) is 6.17 Å². The van der Waals surface area contributed by atoms with E-state index in [0.29, 0.717) is 5.84 Å². The third-order valence-corrected chi connectivity index (χ3v) is 9.32. The first-order valence-electron chi connectivity index (χ1n) is 16.4. The summed E-state index contributed by atoms with van der Waals surface area (Å²) in [6, 6.07) is 62.4.